The van der Waals surface area contributed by atoms with Gasteiger partial charge < -0.3 is 20.3 Å². The molecular weight excluding hydrogens is 288 g/mol. The lowest BCUT2D eigenvalue weighted by atomic mass is 9.79. The van der Waals surface area contributed by atoms with E-state index in [1.165, 1.54) is 0 Å². The van der Waals surface area contributed by atoms with Gasteiger partial charge in [-0.2, -0.15) is 0 Å². The predicted molar refractivity (Wildman–Crippen MR) is 77.2 cm³/mol. The SMILES string of the molecule is C[C@@H]1COCCN1C(=O)NC1CCC2(CC1)NC(=O)NC2=O. The van der Waals surface area contributed by atoms with Gasteiger partial charge in [0.05, 0.1) is 19.3 Å². The van der Waals surface area contributed by atoms with E-state index in [0.717, 1.165) is 0 Å². The number of nitrogens with one attached hydrogen (secondary N) is 3. The second kappa shape index (κ2) is 5.75. The van der Waals surface area contributed by atoms with Gasteiger partial charge in [-0.25, -0.2) is 9.59 Å². The van der Waals surface area contributed by atoms with Crippen LogP contribution in [0.25, 0.3) is 0 Å². The Labute approximate surface area is 128 Å². The standard InChI is InChI=1S/C14H22N4O4/c1-9-8-22-7-6-18(9)13(21)15-10-2-4-14(5-3-10)11(19)16-12(20)17-14/h9-10H,2-8H2,1H3,(H,15,21)(H2,16,17,19,20)/t9-,10?,14?/m1/s1. The van der Waals surface area contributed by atoms with Gasteiger partial charge in [0, 0.05) is 12.6 Å². The van der Waals surface area contributed by atoms with Crippen LogP contribution in [0.15, 0.2) is 0 Å². The van der Waals surface area contributed by atoms with Gasteiger partial charge in [-0.3, -0.25) is 10.1 Å². The Hall–Kier alpha value is -1.83. The molecule has 0 aromatic carbocycles. The number of rotatable bonds is 1. The average Bonchev–Trinajstić information content (AvgIpc) is 2.76. The first-order valence-electron chi connectivity index (χ1n) is 7.79. The third-order valence-electron chi connectivity index (χ3n) is 4.81. The molecule has 0 bridgehead atoms. The van der Waals surface area contributed by atoms with E-state index in [0.29, 0.717) is 45.4 Å². The molecular formula is C14H22N4O4. The number of morpholine rings is 1. The molecule has 1 saturated carbocycles. The molecule has 3 N–H and O–H groups in total. The van der Waals surface area contributed by atoms with Crippen LogP contribution >= 0.6 is 0 Å². The van der Waals surface area contributed by atoms with E-state index in [-0.39, 0.29) is 24.0 Å². The molecule has 2 heterocycles. The number of nitrogens with zero attached hydrogens (tertiary/aromatic N) is 1. The highest BCUT2D eigenvalue weighted by Crippen LogP contribution is 2.31. The number of carbonyl (C=O) groups is 3. The fourth-order valence-electron chi connectivity index (χ4n) is 3.42. The number of hydrogen-bond acceptors (Lipinski definition) is 4. The summed E-state index contributed by atoms with van der Waals surface area (Å²) in [5.41, 5.74) is -0.773. The van der Waals surface area contributed by atoms with Crippen molar-refractivity contribution in [2.75, 3.05) is 19.8 Å². The smallest absolute Gasteiger partial charge is 0.322 e. The summed E-state index contributed by atoms with van der Waals surface area (Å²) in [5.74, 6) is -0.246. The van der Waals surface area contributed by atoms with Crippen LogP contribution in [0.5, 0.6) is 0 Å². The Balaban J connectivity index is 1.53. The van der Waals surface area contributed by atoms with E-state index >= 15 is 0 Å². The number of ether oxygens (including phenoxy) is 1. The summed E-state index contributed by atoms with van der Waals surface area (Å²) in [6.07, 6.45) is 2.46. The van der Waals surface area contributed by atoms with Crippen molar-refractivity contribution in [3.8, 4) is 0 Å². The zero-order valence-corrected chi connectivity index (χ0v) is 12.7. The van der Waals surface area contributed by atoms with E-state index in [1.54, 1.807) is 4.90 Å². The van der Waals surface area contributed by atoms with Crippen molar-refractivity contribution in [2.45, 2.75) is 50.2 Å². The van der Waals surface area contributed by atoms with Crippen molar-refractivity contribution in [1.82, 2.24) is 20.9 Å². The summed E-state index contributed by atoms with van der Waals surface area (Å²) in [7, 11) is 0. The van der Waals surface area contributed by atoms with Gasteiger partial charge in [0.1, 0.15) is 5.54 Å². The Morgan fingerprint density at radius 1 is 1.36 bits per heavy atom. The van der Waals surface area contributed by atoms with Crippen LogP contribution < -0.4 is 16.0 Å². The molecule has 0 unspecified atom stereocenters. The van der Waals surface area contributed by atoms with E-state index in [9.17, 15) is 14.4 Å². The fourth-order valence-corrected chi connectivity index (χ4v) is 3.42. The highest BCUT2D eigenvalue weighted by molar-refractivity contribution is 6.07. The summed E-state index contributed by atoms with van der Waals surface area (Å²) >= 11 is 0. The number of urea groups is 2. The van der Waals surface area contributed by atoms with Gasteiger partial charge in [0.25, 0.3) is 5.91 Å². The van der Waals surface area contributed by atoms with Gasteiger partial charge in [-0.15, -0.1) is 0 Å². The molecule has 2 saturated heterocycles. The number of amides is 5. The molecule has 0 aromatic rings. The minimum Gasteiger partial charge on any atom is -0.377 e. The number of hydrogen-bond donors (Lipinski definition) is 3. The molecule has 3 fully saturated rings. The second-order valence-electron chi connectivity index (χ2n) is 6.33. The van der Waals surface area contributed by atoms with Crippen LogP contribution in [0.2, 0.25) is 0 Å². The van der Waals surface area contributed by atoms with Crippen LogP contribution in [0.4, 0.5) is 9.59 Å². The quantitative estimate of drug-likeness (QED) is 0.591. The Kier molecular flexibility index (Phi) is 3.94. The highest BCUT2D eigenvalue weighted by Gasteiger charge is 2.48. The monoisotopic (exact) mass is 310 g/mol. The van der Waals surface area contributed by atoms with Gasteiger partial charge in [0.2, 0.25) is 0 Å². The topological polar surface area (TPSA) is 99.8 Å². The van der Waals surface area contributed by atoms with Gasteiger partial charge in [0.15, 0.2) is 0 Å². The third kappa shape index (κ3) is 2.75. The molecule has 5 amide bonds. The zero-order valence-electron chi connectivity index (χ0n) is 12.7. The molecule has 8 nitrogen and oxygen atoms in total. The van der Waals surface area contributed by atoms with Gasteiger partial charge in [-0.1, -0.05) is 0 Å². The van der Waals surface area contributed by atoms with E-state index in [1.807, 2.05) is 6.92 Å². The predicted octanol–water partition coefficient (Wildman–Crippen LogP) is -0.0625. The van der Waals surface area contributed by atoms with Crippen molar-refractivity contribution >= 4 is 18.0 Å². The molecule has 8 heteroatoms. The van der Waals surface area contributed by atoms with Crippen molar-refractivity contribution in [3.63, 3.8) is 0 Å². The van der Waals surface area contributed by atoms with Crippen LogP contribution in [-0.2, 0) is 9.53 Å². The van der Waals surface area contributed by atoms with Crippen LogP contribution in [-0.4, -0.2) is 60.3 Å². The zero-order chi connectivity index (χ0) is 15.7. The third-order valence-corrected chi connectivity index (χ3v) is 4.81. The van der Waals surface area contributed by atoms with E-state index < -0.39 is 11.6 Å². The van der Waals surface area contributed by atoms with Crippen molar-refractivity contribution < 1.29 is 19.1 Å². The minimum atomic E-state index is -0.773. The van der Waals surface area contributed by atoms with E-state index in [2.05, 4.69) is 16.0 Å². The minimum absolute atomic E-state index is 0.0403. The van der Waals surface area contributed by atoms with Gasteiger partial charge >= 0.3 is 12.1 Å². The second-order valence-corrected chi connectivity index (χ2v) is 6.33. The molecule has 22 heavy (non-hydrogen) atoms. The molecule has 3 aliphatic rings. The summed E-state index contributed by atoms with van der Waals surface area (Å²) in [6.45, 7) is 3.69. The maximum atomic E-state index is 12.3. The van der Waals surface area contributed by atoms with E-state index in [4.69, 9.17) is 4.74 Å². The van der Waals surface area contributed by atoms with Crippen molar-refractivity contribution in [3.05, 3.63) is 0 Å². The fraction of sp³-hybridized carbons (Fsp3) is 0.786. The maximum absolute atomic E-state index is 12.3. The Morgan fingerprint density at radius 2 is 2.09 bits per heavy atom. The molecule has 1 aliphatic carbocycles. The first-order valence-corrected chi connectivity index (χ1v) is 7.79. The van der Waals surface area contributed by atoms with Gasteiger partial charge in [-0.05, 0) is 32.6 Å². The summed E-state index contributed by atoms with van der Waals surface area (Å²) in [4.78, 5) is 37.3. The van der Waals surface area contributed by atoms with Crippen LogP contribution in [0, 0.1) is 0 Å². The molecule has 2 aliphatic heterocycles. The lowest BCUT2D eigenvalue weighted by Gasteiger charge is -2.38. The Morgan fingerprint density at radius 3 is 2.68 bits per heavy atom. The van der Waals surface area contributed by atoms with Crippen molar-refractivity contribution in [1.29, 1.82) is 0 Å². The first kappa shape index (κ1) is 15.1. The summed E-state index contributed by atoms with van der Waals surface area (Å²) in [6, 6.07) is -0.381. The Bertz CT molecular complexity index is 487. The number of imide groups is 1. The highest BCUT2D eigenvalue weighted by atomic mass is 16.5. The molecule has 122 valence electrons. The van der Waals surface area contributed by atoms with Crippen LogP contribution in [0.1, 0.15) is 32.6 Å². The van der Waals surface area contributed by atoms with Crippen LogP contribution in [0.3, 0.4) is 0 Å². The lowest BCUT2D eigenvalue weighted by molar-refractivity contribution is -0.125. The van der Waals surface area contributed by atoms with Crippen molar-refractivity contribution in [2.24, 2.45) is 0 Å². The summed E-state index contributed by atoms with van der Waals surface area (Å²) in [5, 5.41) is 8.05. The average molecular weight is 310 g/mol. The maximum Gasteiger partial charge on any atom is 0.322 e. The number of carbonyl (C=O) groups excluding carboxylic acids is 3. The molecule has 1 atom stereocenters. The normalized spacial score (nSPS) is 35.2. The largest absolute Gasteiger partial charge is 0.377 e. The lowest BCUT2D eigenvalue weighted by Crippen LogP contribution is -2.56. The molecule has 0 radical (unpaired) electrons. The first-order chi connectivity index (χ1) is 10.5. The molecule has 0 aromatic heterocycles. The molecule has 3 rings (SSSR count). The summed E-state index contributed by atoms with van der Waals surface area (Å²) < 4.78 is 5.33. The molecule has 1 spiro atoms.